The summed E-state index contributed by atoms with van der Waals surface area (Å²) in [6, 6.07) is 0. The van der Waals surface area contributed by atoms with E-state index in [-0.39, 0.29) is 49.4 Å². The van der Waals surface area contributed by atoms with Crippen LogP contribution in [0.15, 0.2) is 35.1 Å². The maximum atomic E-state index is 12.7. The van der Waals surface area contributed by atoms with Crippen LogP contribution in [0, 0.1) is 13.8 Å². The molecule has 43 heavy (non-hydrogen) atoms. The van der Waals surface area contributed by atoms with Gasteiger partial charge in [0, 0.05) is 23.3 Å². The van der Waals surface area contributed by atoms with Gasteiger partial charge < -0.3 is 37.9 Å². The number of hydrogen-bond donors (Lipinski definition) is 0. The molecule has 11 heteroatoms. The van der Waals surface area contributed by atoms with Gasteiger partial charge in [0.15, 0.2) is 46.0 Å². The first kappa shape index (κ1) is 35.2. The lowest BCUT2D eigenvalue weighted by Gasteiger charge is -2.26. The van der Waals surface area contributed by atoms with Crippen molar-refractivity contribution in [2.75, 3.05) is 39.6 Å². The van der Waals surface area contributed by atoms with E-state index in [1.165, 1.54) is 0 Å². The van der Waals surface area contributed by atoms with Gasteiger partial charge in [-0.25, -0.2) is 9.59 Å². The third kappa shape index (κ3) is 8.10. The molecule has 10 nitrogen and oxygen atoms in total. The van der Waals surface area contributed by atoms with Crippen molar-refractivity contribution in [2.45, 2.75) is 65.2 Å². The second-order valence-electron chi connectivity index (χ2n) is 8.49. The van der Waals surface area contributed by atoms with Gasteiger partial charge in [0.25, 0.3) is 0 Å². The molecule has 2 aromatic rings. The fourth-order valence-corrected chi connectivity index (χ4v) is 5.23. The molecule has 0 saturated carbocycles. The predicted molar refractivity (Wildman–Crippen MR) is 165 cm³/mol. The smallest absolute Gasteiger partial charge is 0.335 e. The van der Waals surface area contributed by atoms with E-state index in [0.717, 1.165) is 23.9 Å². The Kier molecular flexibility index (Phi) is 14.1. The maximum absolute atomic E-state index is 12.7. The van der Waals surface area contributed by atoms with Crippen LogP contribution in [0.3, 0.4) is 0 Å². The average Bonchev–Trinajstić information content (AvgIpc) is 2.99. The number of esters is 2. The van der Waals surface area contributed by atoms with Crippen molar-refractivity contribution in [2.24, 2.45) is 0 Å². The van der Waals surface area contributed by atoms with E-state index < -0.39 is 11.9 Å². The Morgan fingerprint density at radius 2 is 0.767 bits per heavy atom. The third-order valence-electron chi connectivity index (χ3n) is 5.69. The van der Waals surface area contributed by atoms with E-state index in [0.29, 0.717) is 57.1 Å². The minimum absolute atomic E-state index is 0.0705. The van der Waals surface area contributed by atoms with E-state index in [1.807, 2.05) is 41.5 Å². The van der Waals surface area contributed by atoms with Crippen LogP contribution in [0.4, 0.5) is 0 Å². The molecule has 0 aliphatic carbocycles. The maximum Gasteiger partial charge on any atom is 0.335 e. The van der Waals surface area contributed by atoms with Gasteiger partial charge in [-0.1, -0.05) is 24.9 Å². The minimum atomic E-state index is -0.717. The second kappa shape index (κ2) is 17.2. The molecule has 0 atom stereocenters. The van der Waals surface area contributed by atoms with Crippen molar-refractivity contribution in [3.05, 3.63) is 36.4 Å². The Morgan fingerprint density at radius 1 is 0.512 bits per heavy atom. The molecule has 0 heterocycles. The first-order chi connectivity index (χ1) is 20.7. The summed E-state index contributed by atoms with van der Waals surface area (Å²) >= 11 is 1.06. The van der Waals surface area contributed by atoms with Crippen LogP contribution in [0.2, 0.25) is 0 Å². The van der Waals surface area contributed by atoms with Gasteiger partial charge in [0.05, 0.1) is 39.6 Å². The molecule has 0 spiro atoms. The highest BCUT2D eigenvalue weighted by Gasteiger charge is 2.34. The van der Waals surface area contributed by atoms with Gasteiger partial charge in [-0.2, -0.15) is 0 Å². The monoisotopic (exact) mass is 618 g/mol. The normalized spacial score (nSPS) is 10.4. The van der Waals surface area contributed by atoms with E-state index in [9.17, 15) is 9.59 Å². The molecule has 0 aromatic heterocycles. The van der Waals surface area contributed by atoms with Gasteiger partial charge in [-0.05, 0) is 55.4 Å². The number of carbonyl (C=O) groups excluding carboxylic acids is 2. The standard InChI is InChI=1S/C32H42O10S/c1-11-21(33)41-29-25(37-15-5)19(9)23(35-13-3)27(39-17-7)31(29)43-32-28(40-18-8)24(36-14-4)20(10)26(38-16-6)30(32)42-22(34)12-2/h11-12H,1-2,13-18H2,3-10H3. The summed E-state index contributed by atoms with van der Waals surface area (Å²) in [5.41, 5.74) is 1.14. The van der Waals surface area contributed by atoms with E-state index in [4.69, 9.17) is 37.9 Å². The number of carbonyl (C=O) groups is 2. The summed E-state index contributed by atoms with van der Waals surface area (Å²) in [4.78, 5) is 25.9. The zero-order chi connectivity index (χ0) is 32.1. The SMILES string of the molecule is C=CC(=O)Oc1c(OCC)c(C)c(OCC)c(OCC)c1Sc1c(OCC)c(OCC)c(C)c(OCC)c1OC(=O)C=C. The first-order valence-corrected chi connectivity index (χ1v) is 15.0. The summed E-state index contributed by atoms with van der Waals surface area (Å²) in [6.45, 7) is 23.3. The van der Waals surface area contributed by atoms with Crippen molar-refractivity contribution in [1.82, 2.24) is 0 Å². The summed E-state index contributed by atoms with van der Waals surface area (Å²) in [5, 5.41) is 0. The van der Waals surface area contributed by atoms with Crippen LogP contribution in [0.1, 0.15) is 52.7 Å². The molecule has 0 radical (unpaired) electrons. The Hall–Kier alpha value is -3.99. The number of rotatable bonds is 18. The Morgan fingerprint density at radius 3 is 1.02 bits per heavy atom. The molecule has 0 bridgehead atoms. The second-order valence-corrected chi connectivity index (χ2v) is 9.51. The Balaban J connectivity index is 3.22. The van der Waals surface area contributed by atoms with Crippen LogP contribution in [-0.2, 0) is 9.59 Å². The van der Waals surface area contributed by atoms with Crippen LogP contribution in [0.25, 0.3) is 0 Å². The Labute approximate surface area is 258 Å². The molecule has 0 fully saturated rings. The molecule has 0 aliphatic heterocycles. The zero-order valence-corrected chi connectivity index (χ0v) is 27.1. The molecule has 2 aromatic carbocycles. The topological polar surface area (TPSA) is 108 Å². The summed E-state index contributed by atoms with van der Waals surface area (Å²) in [6.07, 6.45) is 2.09. The Bertz CT molecular complexity index is 1220. The lowest BCUT2D eigenvalue weighted by Crippen LogP contribution is -2.12. The van der Waals surface area contributed by atoms with Crippen molar-refractivity contribution >= 4 is 23.7 Å². The highest BCUT2D eigenvalue weighted by Crippen LogP contribution is 2.60. The number of hydrogen-bond acceptors (Lipinski definition) is 11. The van der Waals surface area contributed by atoms with Crippen LogP contribution in [-0.4, -0.2) is 51.6 Å². The van der Waals surface area contributed by atoms with E-state index >= 15 is 0 Å². The largest absolute Gasteiger partial charge is 0.490 e. The molecule has 0 saturated heterocycles. The van der Waals surface area contributed by atoms with Gasteiger partial charge in [-0.15, -0.1) is 0 Å². The summed E-state index contributed by atoms with van der Waals surface area (Å²) in [7, 11) is 0. The highest BCUT2D eigenvalue weighted by molar-refractivity contribution is 7.99. The van der Waals surface area contributed by atoms with Crippen molar-refractivity contribution in [1.29, 1.82) is 0 Å². The van der Waals surface area contributed by atoms with Crippen LogP contribution >= 0.6 is 11.8 Å². The minimum Gasteiger partial charge on any atom is -0.490 e. The lowest BCUT2D eigenvalue weighted by atomic mass is 10.1. The molecule has 236 valence electrons. The van der Waals surface area contributed by atoms with Crippen molar-refractivity contribution < 1.29 is 47.5 Å². The predicted octanol–water partition coefficient (Wildman–Crippen LogP) is 7.03. The molecular formula is C32H42O10S. The fourth-order valence-electron chi connectivity index (χ4n) is 4.09. The fraction of sp³-hybridized carbons (Fsp3) is 0.438. The van der Waals surface area contributed by atoms with Crippen LogP contribution in [0.5, 0.6) is 46.0 Å². The molecule has 0 N–H and O–H groups in total. The third-order valence-corrected chi connectivity index (χ3v) is 6.84. The van der Waals surface area contributed by atoms with Gasteiger partial charge in [0.1, 0.15) is 9.79 Å². The molecule has 2 rings (SSSR count). The van der Waals surface area contributed by atoms with Crippen molar-refractivity contribution in [3.8, 4) is 46.0 Å². The van der Waals surface area contributed by atoms with Gasteiger partial charge >= 0.3 is 11.9 Å². The van der Waals surface area contributed by atoms with Gasteiger partial charge in [-0.3, -0.25) is 0 Å². The van der Waals surface area contributed by atoms with Crippen LogP contribution < -0.4 is 37.9 Å². The number of benzene rings is 2. The highest BCUT2D eigenvalue weighted by atomic mass is 32.2. The molecular weight excluding hydrogens is 576 g/mol. The first-order valence-electron chi connectivity index (χ1n) is 14.2. The molecule has 0 amide bonds. The lowest BCUT2D eigenvalue weighted by molar-refractivity contribution is -0.130. The number of ether oxygens (including phenoxy) is 8. The summed E-state index contributed by atoms with van der Waals surface area (Å²) in [5.74, 6) is 0.647. The van der Waals surface area contributed by atoms with E-state index in [1.54, 1.807) is 13.8 Å². The zero-order valence-electron chi connectivity index (χ0n) is 26.3. The summed E-state index contributed by atoms with van der Waals surface area (Å²) < 4.78 is 48.0. The quantitative estimate of drug-likeness (QED) is 0.0976. The molecule has 0 unspecified atom stereocenters. The average molecular weight is 619 g/mol. The van der Waals surface area contributed by atoms with Crippen molar-refractivity contribution in [3.63, 3.8) is 0 Å². The van der Waals surface area contributed by atoms with Gasteiger partial charge in [0.2, 0.25) is 0 Å². The molecule has 0 aliphatic rings. The van der Waals surface area contributed by atoms with E-state index in [2.05, 4.69) is 13.2 Å².